The van der Waals surface area contributed by atoms with Crippen LogP contribution in [0.4, 0.5) is 10.2 Å². The van der Waals surface area contributed by atoms with E-state index in [0.717, 1.165) is 59.4 Å². The number of halogens is 1. The molecule has 2 aromatic carbocycles. The Kier molecular flexibility index (Phi) is 5.34. The molecule has 2 saturated carbocycles. The summed E-state index contributed by atoms with van der Waals surface area (Å²) < 4.78 is 14.8. The van der Waals surface area contributed by atoms with E-state index >= 15 is 0 Å². The normalized spacial score (nSPS) is 16.2. The monoisotopic (exact) mass is 446 g/mol. The number of fused-ring (bicyclic) bond motifs is 1. The summed E-state index contributed by atoms with van der Waals surface area (Å²) >= 11 is 0. The second kappa shape index (κ2) is 8.08. The van der Waals surface area contributed by atoms with Crippen molar-refractivity contribution in [2.45, 2.75) is 72.0 Å². The van der Waals surface area contributed by atoms with E-state index in [0.29, 0.717) is 18.2 Å². The molecule has 0 spiro atoms. The van der Waals surface area contributed by atoms with Crippen molar-refractivity contribution in [1.29, 1.82) is 0 Å². The van der Waals surface area contributed by atoms with Gasteiger partial charge in [-0.3, -0.25) is 4.79 Å². The van der Waals surface area contributed by atoms with Crippen LogP contribution in [0.2, 0.25) is 0 Å². The van der Waals surface area contributed by atoms with E-state index in [-0.39, 0.29) is 17.8 Å². The molecule has 0 unspecified atom stereocenters. The number of nitrogens with zero attached hydrogens (tertiary/aromatic N) is 3. The topological polar surface area (TPSA) is 58.1 Å². The molecular weight excluding hydrogens is 415 g/mol. The second-order valence-corrected chi connectivity index (χ2v) is 10.5. The number of aromatic nitrogens is 2. The highest BCUT2D eigenvalue weighted by Crippen LogP contribution is 2.35. The average Bonchev–Trinajstić information content (AvgIpc) is 3.67. The zero-order valence-corrected chi connectivity index (χ0v) is 19.8. The van der Waals surface area contributed by atoms with E-state index in [9.17, 15) is 9.18 Å². The van der Waals surface area contributed by atoms with Crippen LogP contribution in [0.3, 0.4) is 0 Å². The minimum absolute atomic E-state index is 0.0730. The Labute approximate surface area is 194 Å². The van der Waals surface area contributed by atoms with Crippen molar-refractivity contribution in [3.63, 3.8) is 0 Å². The third-order valence-corrected chi connectivity index (χ3v) is 6.34. The summed E-state index contributed by atoms with van der Waals surface area (Å²) in [5.74, 6) is 1.40. The van der Waals surface area contributed by atoms with E-state index in [1.807, 2.05) is 50.8 Å². The highest BCUT2D eigenvalue weighted by Gasteiger charge is 2.37. The van der Waals surface area contributed by atoms with Crippen LogP contribution in [0.1, 0.15) is 57.8 Å². The lowest BCUT2D eigenvalue weighted by atomic mass is 9.94. The van der Waals surface area contributed by atoms with Crippen molar-refractivity contribution in [2.24, 2.45) is 5.41 Å². The molecule has 5 rings (SSSR count). The fraction of sp³-hybridized carbons (Fsp3) is 0.444. The standard InChI is InChI=1S/C27H31FN4O/c1-16-29-24-12-6-18(14-22(24)25(30-16)31-20-7-8-20)17-5-11-23(28)19(13-17)15-32(21-9-10-21)26(33)27(2,3)4/h5-6,11-14,20-21H,7-10,15H2,1-4H3,(H,29,30,31). The fourth-order valence-corrected chi connectivity index (χ4v) is 4.20. The summed E-state index contributed by atoms with van der Waals surface area (Å²) in [4.78, 5) is 24.1. The van der Waals surface area contributed by atoms with Gasteiger partial charge in [-0.1, -0.05) is 32.9 Å². The molecule has 1 heterocycles. The maximum Gasteiger partial charge on any atom is 0.228 e. The first-order valence-corrected chi connectivity index (χ1v) is 11.8. The molecule has 3 aromatic rings. The first-order valence-electron chi connectivity index (χ1n) is 11.8. The van der Waals surface area contributed by atoms with Crippen LogP contribution in [-0.2, 0) is 11.3 Å². The molecule has 1 N–H and O–H groups in total. The van der Waals surface area contributed by atoms with Gasteiger partial charge in [-0.2, -0.15) is 0 Å². The highest BCUT2D eigenvalue weighted by atomic mass is 19.1. The van der Waals surface area contributed by atoms with Crippen molar-refractivity contribution in [2.75, 3.05) is 5.32 Å². The Morgan fingerprint density at radius 2 is 1.76 bits per heavy atom. The average molecular weight is 447 g/mol. The van der Waals surface area contributed by atoms with Crippen LogP contribution in [0.15, 0.2) is 36.4 Å². The van der Waals surface area contributed by atoms with Crippen LogP contribution in [-0.4, -0.2) is 32.9 Å². The van der Waals surface area contributed by atoms with Gasteiger partial charge in [0.25, 0.3) is 0 Å². The van der Waals surface area contributed by atoms with Crippen molar-refractivity contribution < 1.29 is 9.18 Å². The predicted molar refractivity (Wildman–Crippen MR) is 129 cm³/mol. The third-order valence-electron chi connectivity index (χ3n) is 6.34. The van der Waals surface area contributed by atoms with Gasteiger partial charge in [0.05, 0.1) is 5.52 Å². The molecule has 0 aliphatic heterocycles. The third kappa shape index (κ3) is 4.70. The number of hydrogen-bond acceptors (Lipinski definition) is 4. The van der Waals surface area contributed by atoms with Gasteiger partial charge in [-0.15, -0.1) is 0 Å². The van der Waals surface area contributed by atoms with E-state index in [2.05, 4.69) is 21.4 Å². The molecule has 0 radical (unpaired) electrons. The predicted octanol–water partition coefficient (Wildman–Crippen LogP) is 5.86. The Balaban J connectivity index is 1.49. The van der Waals surface area contributed by atoms with Crippen molar-refractivity contribution in [1.82, 2.24) is 14.9 Å². The number of aryl methyl sites for hydroxylation is 1. The van der Waals surface area contributed by atoms with E-state index in [4.69, 9.17) is 0 Å². The van der Waals surface area contributed by atoms with Crippen LogP contribution in [0.25, 0.3) is 22.0 Å². The summed E-state index contributed by atoms with van der Waals surface area (Å²) in [5.41, 5.74) is 2.86. The lowest BCUT2D eigenvalue weighted by Gasteiger charge is -2.30. The second-order valence-electron chi connectivity index (χ2n) is 10.5. The van der Waals surface area contributed by atoms with Gasteiger partial charge < -0.3 is 10.2 Å². The van der Waals surface area contributed by atoms with Crippen LogP contribution < -0.4 is 5.32 Å². The summed E-state index contributed by atoms with van der Waals surface area (Å²) in [6.45, 7) is 7.96. The van der Waals surface area contributed by atoms with Crippen molar-refractivity contribution in [3.05, 3.63) is 53.6 Å². The maximum atomic E-state index is 14.8. The minimum Gasteiger partial charge on any atom is -0.367 e. The number of carbonyl (C=O) groups excluding carboxylic acids is 1. The number of rotatable bonds is 6. The number of benzene rings is 2. The summed E-state index contributed by atoms with van der Waals surface area (Å²) in [7, 11) is 0. The first kappa shape index (κ1) is 21.8. The smallest absolute Gasteiger partial charge is 0.228 e. The van der Waals surface area contributed by atoms with Gasteiger partial charge in [-0.25, -0.2) is 14.4 Å². The molecule has 2 aliphatic rings. The van der Waals surface area contributed by atoms with Gasteiger partial charge in [-0.05, 0) is 68.0 Å². The van der Waals surface area contributed by atoms with E-state index in [1.165, 1.54) is 6.07 Å². The molecule has 2 aliphatic carbocycles. The molecule has 6 heteroatoms. The zero-order chi connectivity index (χ0) is 23.3. The number of anilines is 1. The van der Waals surface area contributed by atoms with Gasteiger partial charge in [0.15, 0.2) is 0 Å². The first-order chi connectivity index (χ1) is 15.7. The number of amides is 1. The van der Waals surface area contributed by atoms with Crippen LogP contribution >= 0.6 is 0 Å². The van der Waals surface area contributed by atoms with Crippen molar-refractivity contribution >= 4 is 22.6 Å². The Morgan fingerprint density at radius 1 is 1.06 bits per heavy atom. The molecule has 0 saturated heterocycles. The Bertz CT molecular complexity index is 1220. The quantitative estimate of drug-likeness (QED) is 0.516. The molecule has 0 atom stereocenters. The van der Waals surface area contributed by atoms with Crippen LogP contribution in [0.5, 0.6) is 0 Å². The molecule has 0 bridgehead atoms. The zero-order valence-electron chi connectivity index (χ0n) is 19.8. The van der Waals surface area contributed by atoms with Gasteiger partial charge in [0, 0.05) is 35.0 Å². The SMILES string of the molecule is Cc1nc(NC2CC2)c2cc(-c3ccc(F)c(CN(C(=O)C(C)(C)C)C4CC4)c3)ccc2n1. The lowest BCUT2D eigenvalue weighted by molar-refractivity contribution is -0.140. The highest BCUT2D eigenvalue weighted by molar-refractivity contribution is 5.93. The number of nitrogens with one attached hydrogen (secondary N) is 1. The molecule has 1 aromatic heterocycles. The van der Waals surface area contributed by atoms with Crippen molar-refractivity contribution in [3.8, 4) is 11.1 Å². The van der Waals surface area contributed by atoms with Crippen LogP contribution in [0, 0.1) is 18.2 Å². The van der Waals surface area contributed by atoms with E-state index in [1.54, 1.807) is 6.07 Å². The summed E-state index contributed by atoms with van der Waals surface area (Å²) in [6.07, 6.45) is 4.31. The minimum atomic E-state index is -0.488. The van der Waals surface area contributed by atoms with Gasteiger partial charge >= 0.3 is 0 Å². The molecule has 2 fully saturated rings. The largest absolute Gasteiger partial charge is 0.367 e. The Hall–Kier alpha value is -3.02. The molecule has 1 amide bonds. The Morgan fingerprint density at radius 3 is 2.42 bits per heavy atom. The number of hydrogen-bond donors (Lipinski definition) is 1. The maximum absolute atomic E-state index is 14.8. The lowest BCUT2D eigenvalue weighted by Crippen LogP contribution is -2.40. The molecule has 33 heavy (non-hydrogen) atoms. The van der Waals surface area contributed by atoms with E-state index < -0.39 is 5.41 Å². The fourth-order valence-electron chi connectivity index (χ4n) is 4.20. The molecule has 172 valence electrons. The van der Waals surface area contributed by atoms with Gasteiger partial charge in [0.1, 0.15) is 17.5 Å². The number of carbonyl (C=O) groups is 1. The molecular formula is C27H31FN4O. The van der Waals surface area contributed by atoms with Gasteiger partial charge in [0.2, 0.25) is 5.91 Å². The summed E-state index contributed by atoms with van der Waals surface area (Å²) in [5, 5.41) is 4.49. The molecule has 5 nitrogen and oxygen atoms in total. The summed E-state index contributed by atoms with van der Waals surface area (Å²) in [6, 6.07) is 12.0.